The van der Waals surface area contributed by atoms with Crippen molar-refractivity contribution < 1.29 is 14.1 Å². The van der Waals surface area contributed by atoms with Crippen molar-refractivity contribution in [3.8, 4) is 11.4 Å². The predicted molar refractivity (Wildman–Crippen MR) is 112 cm³/mol. The van der Waals surface area contributed by atoms with Crippen LogP contribution in [0.5, 0.6) is 0 Å². The van der Waals surface area contributed by atoms with Gasteiger partial charge in [-0.1, -0.05) is 23.4 Å². The molecule has 0 aliphatic heterocycles. The summed E-state index contributed by atoms with van der Waals surface area (Å²) in [4.78, 5) is 42.4. The molecule has 2 aromatic carbocycles. The molecule has 0 unspecified atom stereocenters. The SMILES string of the molecule is O=C(CCn1ccnc1)Nc1cccc(C(=O)Nc2cccc(-c3noc(=O)[nH]3)c2)c1. The molecule has 2 aromatic heterocycles. The molecule has 10 nitrogen and oxygen atoms in total. The molecule has 2 heterocycles. The van der Waals surface area contributed by atoms with E-state index in [0.717, 1.165) is 0 Å². The molecule has 4 rings (SSSR count). The molecule has 0 atom stereocenters. The molecule has 0 fully saturated rings. The molecule has 0 aliphatic carbocycles. The third kappa shape index (κ3) is 5.12. The zero-order valence-electron chi connectivity index (χ0n) is 16.2. The lowest BCUT2D eigenvalue weighted by atomic mass is 10.1. The van der Waals surface area contributed by atoms with Crippen molar-refractivity contribution in [1.29, 1.82) is 0 Å². The molecule has 0 saturated carbocycles. The highest BCUT2D eigenvalue weighted by molar-refractivity contribution is 6.05. The topological polar surface area (TPSA) is 135 Å². The Morgan fingerprint density at radius 1 is 1.06 bits per heavy atom. The first kappa shape index (κ1) is 19.8. The van der Waals surface area contributed by atoms with E-state index in [1.807, 2.05) is 4.57 Å². The molecule has 31 heavy (non-hydrogen) atoms. The number of rotatable bonds is 7. The van der Waals surface area contributed by atoms with E-state index < -0.39 is 5.76 Å². The van der Waals surface area contributed by atoms with Crippen LogP contribution in [0.1, 0.15) is 16.8 Å². The van der Waals surface area contributed by atoms with Gasteiger partial charge in [-0.2, -0.15) is 0 Å². The average molecular weight is 418 g/mol. The molecule has 156 valence electrons. The number of benzene rings is 2. The third-order valence-electron chi connectivity index (χ3n) is 4.40. The Morgan fingerprint density at radius 2 is 1.87 bits per heavy atom. The lowest BCUT2D eigenvalue weighted by molar-refractivity contribution is -0.116. The highest BCUT2D eigenvalue weighted by Gasteiger charge is 2.10. The second-order valence-electron chi connectivity index (χ2n) is 6.66. The summed E-state index contributed by atoms with van der Waals surface area (Å²) in [6, 6.07) is 13.5. The predicted octanol–water partition coefficient (Wildman–Crippen LogP) is 2.51. The zero-order valence-corrected chi connectivity index (χ0v) is 16.2. The van der Waals surface area contributed by atoms with Gasteiger partial charge >= 0.3 is 5.76 Å². The minimum Gasteiger partial charge on any atom is -0.337 e. The van der Waals surface area contributed by atoms with Crippen molar-refractivity contribution in [1.82, 2.24) is 19.7 Å². The summed E-state index contributed by atoms with van der Waals surface area (Å²) in [5.74, 6) is -0.907. The fraction of sp³-hybridized carbons (Fsp3) is 0.0952. The molecule has 4 aromatic rings. The zero-order chi connectivity index (χ0) is 21.6. The second-order valence-corrected chi connectivity index (χ2v) is 6.66. The summed E-state index contributed by atoms with van der Waals surface area (Å²) in [6.45, 7) is 0.513. The number of nitrogens with zero attached hydrogens (tertiary/aromatic N) is 3. The molecular formula is C21H18N6O4. The van der Waals surface area contributed by atoms with Crippen molar-refractivity contribution in [2.24, 2.45) is 0 Å². The monoisotopic (exact) mass is 418 g/mol. The van der Waals surface area contributed by atoms with Crippen LogP contribution in [0.3, 0.4) is 0 Å². The van der Waals surface area contributed by atoms with E-state index >= 15 is 0 Å². The van der Waals surface area contributed by atoms with Crippen LogP contribution < -0.4 is 16.4 Å². The van der Waals surface area contributed by atoms with Gasteiger partial charge in [0.2, 0.25) is 5.91 Å². The van der Waals surface area contributed by atoms with Gasteiger partial charge in [0.05, 0.1) is 6.33 Å². The third-order valence-corrected chi connectivity index (χ3v) is 4.40. The summed E-state index contributed by atoms with van der Waals surface area (Å²) in [5, 5.41) is 9.21. The molecule has 10 heteroatoms. The molecule has 0 spiro atoms. The Balaban J connectivity index is 1.40. The average Bonchev–Trinajstić information content (AvgIpc) is 3.44. The summed E-state index contributed by atoms with van der Waals surface area (Å²) >= 11 is 0. The van der Waals surface area contributed by atoms with Crippen molar-refractivity contribution in [3.05, 3.63) is 83.4 Å². The van der Waals surface area contributed by atoms with Crippen LogP contribution in [0.25, 0.3) is 11.4 Å². The van der Waals surface area contributed by atoms with Gasteiger partial charge < -0.3 is 15.2 Å². The number of hydrogen-bond acceptors (Lipinski definition) is 6. The maximum atomic E-state index is 12.7. The van der Waals surface area contributed by atoms with Gasteiger partial charge in [-0.15, -0.1) is 0 Å². The van der Waals surface area contributed by atoms with Gasteiger partial charge in [0.25, 0.3) is 5.91 Å². The number of carbonyl (C=O) groups excluding carboxylic acids is 2. The van der Waals surface area contributed by atoms with E-state index in [1.165, 1.54) is 0 Å². The Bertz CT molecular complexity index is 1260. The van der Waals surface area contributed by atoms with Crippen LogP contribution in [-0.4, -0.2) is 31.5 Å². The van der Waals surface area contributed by atoms with Crippen LogP contribution in [0.2, 0.25) is 0 Å². The summed E-state index contributed by atoms with van der Waals surface area (Å²) < 4.78 is 6.32. The molecule has 0 bridgehead atoms. The van der Waals surface area contributed by atoms with Crippen molar-refractivity contribution in [2.75, 3.05) is 10.6 Å². The van der Waals surface area contributed by atoms with Crippen LogP contribution >= 0.6 is 0 Å². The molecule has 0 radical (unpaired) electrons. The van der Waals surface area contributed by atoms with Gasteiger partial charge in [-0.25, -0.2) is 9.78 Å². The molecule has 0 saturated heterocycles. The minimum absolute atomic E-state index is 0.166. The minimum atomic E-state index is -0.659. The number of anilines is 2. The lowest BCUT2D eigenvalue weighted by Crippen LogP contribution is -2.15. The Kier molecular flexibility index (Phi) is 5.70. The van der Waals surface area contributed by atoms with E-state index in [-0.39, 0.29) is 24.1 Å². The smallest absolute Gasteiger partial charge is 0.337 e. The van der Waals surface area contributed by atoms with Crippen LogP contribution in [0.15, 0.2) is 76.6 Å². The largest absolute Gasteiger partial charge is 0.439 e. The summed E-state index contributed by atoms with van der Waals surface area (Å²) in [6.07, 6.45) is 5.37. The van der Waals surface area contributed by atoms with E-state index in [0.29, 0.717) is 29.0 Å². The van der Waals surface area contributed by atoms with E-state index in [4.69, 9.17) is 0 Å². The number of aromatic amines is 1. The number of carbonyl (C=O) groups is 2. The first-order valence-corrected chi connectivity index (χ1v) is 9.40. The lowest BCUT2D eigenvalue weighted by Gasteiger charge is -2.09. The van der Waals surface area contributed by atoms with Crippen LogP contribution in [-0.2, 0) is 11.3 Å². The van der Waals surface area contributed by atoms with Gasteiger partial charge in [0, 0.05) is 47.9 Å². The molecule has 2 amide bonds. The number of hydrogen-bond donors (Lipinski definition) is 3. The first-order chi connectivity index (χ1) is 15.1. The number of aromatic nitrogens is 4. The van der Waals surface area contributed by atoms with Gasteiger partial charge in [-0.05, 0) is 30.3 Å². The van der Waals surface area contributed by atoms with Crippen LogP contribution in [0, 0.1) is 0 Å². The number of aryl methyl sites for hydroxylation is 1. The van der Waals surface area contributed by atoms with Gasteiger partial charge in [0.15, 0.2) is 5.82 Å². The number of imidazole rings is 1. The molecule has 3 N–H and O–H groups in total. The summed E-state index contributed by atoms with van der Waals surface area (Å²) in [5.41, 5.74) is 2.01. The maximum absolute atomic E-state index is 12.7. The number of H-pyrrole nitrogens is 1. The van der Waals surface area contributed by atoms with Crippen LogP contribution in [0.4, 0.5) is 11.4 Å². The normalized spacial score (nSPS) is 10.6. The Morgan fingerprint density at radius 3 is 2.61 bits per heavy atom. The van der Waals surface area contributed by atoms with Crippen molar-refractivity contribution >= 4 is 23.2 Å². The van der Waals surface area contributed by atoms with Crippen molar-refractivity contribution in [3.63, 3.8) is 0 Å². The molecule has 0 aliphatic rings. The second kappa shape index (κ2) is 8.91. The summed E-state index contributed by atoms with van der Waals surface area (Å²) in [7, 11) is 0. The van der Waals surface area contributed by atoms with E-state index in [9.17, 15) is 14.4 Å². The quantitative estimate of drug-likeness (QED) is 0.422. The Hall–Kier alpha value is -4.47. The van der Waals surface area contributed by atoms with E-state index in [2.05, 4.69) is 30.3 Å². The fourth-order valence-electron chi connectivity index (χ4n) is 2.91. The fourth-order valence-corrected chi connectivity index (χ4v) is 2.91. The maximum Gasteiger partial charge on any atom is 0.439 e. The van der Waals surface area contributed by atoms with E-state index in [1.54, 1.807) is 67.3 Å². The Labute approximate surface area is 175 Å². The first-order valence-electron chi connectivity index (χ1n) is 9.40. The number of nitrogens with one attached hydrogen (secondary N) is 3. The van der Waals surface area contributed by atoms with Gasteiger partial charge in [0.1, 0.15) is 0 Å². The van der Waals surface area contributed by atoms with Crippen molar-refractivity contribution in [2.45, 2.75) is 13.0 Å². The highest BCUT2D eigenvalue weighted by atomic mass is 16.5. The number of amides is 2. The standard InChI is InChI=1S/C21H18N6O4/c28-18(7-9-27-10-8-22-13-27)23-16-5-2-4-15(12-16)20(29)24-17-6-1-3-14(11-17)19-25-21(30)31-26-19/h1-6,8,10-13H,7,9H2,(H,23,28)(H,24,29)(H,25,26,30). The van der Waals surface area contributed by atoms with Gasteiger partial charge in [-0.3, -0.25) is 19.1 Å². The molecular weight excluding hydrogens is 400 g/mol. The highest BCUT2D eigenvalue weighted by Crippen LogP contribution is 2.20.